The zero-order valence-electron chi connectivity index (χ0n) is 63.0. The van der Waals surface area contributed by atoms with Gasteiger partial charge in [-0.05, 0) is 135 Å². The average Bonchev–Trinajstić information content (AvgIpc) is 0.946. The van der Waals surface area contributed by atoms with Crippen LogP contribution in [-0.4, -0.2) is 95.9 Å². The zero-order valence-corrected chi connectivity index (χ0v) is 64.8. The highest BCUT2D eigenvalue weighted by atomic mass is 31.2. The standard InChI is InChI=1S/C83H140O16P2/c1-4-7-10-13-16-19-22-24-26-28-30-32-34-36-37-38-39-41-43-44-46-48-50-52-55-57-60-63-66-69-81(86)93-72-78(84)73-95-100(89,90)96-74-79(85)75-97-101(91,92)98-77-80(99-83(88)71-68-65-62-59-54-21-18-15-12-9-6-3)76-94-82(87)70-67-64-61-58-56-53-51-49-47-45-42-40-35-33-31-29-27-25-23-20-17-14-11-8-5-2/h7-8,10-11,15-20,24-27,30-33,36-37,39-42,78-80,84-85H,4-6,9,12-14,21-23,28-29,34-35,38,43-77H2,1-3H3,(H,89,90)(H,91,92)/b10-7-,11-8-,18-15-,19-16-,20-17-,26-24-,27-25-,32-30-,33-31-,37-36-,41-39-,42-40-. The van der Waals surface area contributed by atoms with Gasteiger partial charge in [-0.25, -0.2) is 9.13 Å². The Hall–Kier alpha value is -4.57. The number of rotatable bonds is 73. The Morgan fingerprint density at radius 2 is 0.525 bits per heavy atom. The number of carbonyl (C=O) groups excluding carboxylic acids is 3. The second-order valence-electron chi connectivity index (χ2n) is 25.7. The molecule has 0 spiro atoms. The number of carbonyl (C=O) groups is 3. The minimum Gasteiger partial charge on any atom is -0.463 e. The van der Waals surface area contributed by atoms with E-state index < -0.39 is 91.5 Å². The molecular formula is C83H140O16P2. The second-order valence-corrected chi connectivity index (χ2v) is 28.7. The first-order valence-electron chi connectivity index (χ1n) is 39.1. The maximum atomic E-state index is 12.9. The quantitative estimate of drug-likeness (QED) is 0.0146. The van der Waals surface area contributed by atoms with Crippen molar-refractivity contribution in [1.29, 1.82) is 0 Å². The van der Waals surface area contributed by atoms with Gasteiger partial charge in [0, 0.05) is 19.3 Å². The van der Waals surface area contributed by atoms with E-state index in [0.29, 0.717) is 19.3 Å². The first-order chi connectivity index (χ1) is 49.2. The monoisotopic (exact) mass is 1450 g/mol. The van der Waals surface area contributed by atoms with Gasteiger partial charge in [-0.2, -0.15) is 0 Å². The van der Waals surface area contributed by atoms with Crippen molar-refractivity contribution >= 4 is 33.6 Å². The summed E-state index contributed by atoms with van der Waals surface area (Å²) in [6, 6.07) is 0. The molecule has 0 aromatic heterocycles. The Morgan fingerprint density at radius 1 is 0.287 bits per heavy atom. The van der Waals surface area contributed by atoms with E-state index in [1.807, 2.05) is 0 Å². The predicted molar refractivity (Wildman–Crippen MR) is 417 cm³/mol. The molecule has 0 fully saturated rings. The lowest BCUT2D eigenvalue weighted by Gasteiger charge is -2.21. The fourth-order valence-electron chi connectivity index (χ4n) is 10.1. The smallest absolute Gasteiger partial charge is 0.463 e. The molecule has 101 heavy (non-hydrogen) atoms. The summed E-state index contributed by atoms with van der Waals surface area (Å²) in [6.07, 6.45) is 91.9. The molecule has 0 saturated carbocycles. The summed E-state index contributed by atoms with van der Waals surface area (Å²) in [5.41, 5.74) is 0. The van der Waals surface area contributed by atoms with Crippen molar-refractivity contribution < 1.29 is 75.8 Å². The van der Waals surface area contributed by atoms with Crippen LogP contribution in [0, 0.1) is 0 Å². The summed E-state index contributed by atoms with van der Waals surface area (Å²) in [4.78, 5) is 58.5. The van der Waals surface area contributed by atoms with Crippen LogP contribution in [0.5, 0.6) is 0 Å². The lowest BCUT2D eigenvalue weighted by Crippen LogP contribution is -2.30. The van der Waals surface area contributed by atoms with Crippen LogP contribution in [0.2, 0.25) is 0 Å². The largest absolute Gasteiger partial charge is 0.472 e. The third kappa shape index (κ3) is 76.4. The highest BCUT2D eigenvalue weighted by Crippen LogP contribution is 2.45. The molecule has 0 rings (SSSR count). The Bertz CT molecular complexity index is 2420. The summed E-state index contributed by atoms with van der Waals surface area (Å²) in [5, 5.41) is 20.6. The molecule has 5 atom stereocenters. The van der Waals surface area contributed by atoms with Gasteiger partial charge in [0.25, 0.3) is 0 Å². The number of unbranched alkanes of at least 4 members (excludes halogenated alkanes) is 26. The predicted octanol–water partition coefficient (Wildman–Crippen LogP) is 22.9. The van der Waals surface area contributed by atoms with E-state index in [-0.39, 0.29) is 19.3 Å². The van der Waals surface area contributed by atoms with Gasteiger partial charge in [0.15, 0.2) is 6.10 Å². The fraction of sp³-hybridized carbons (Fsp3) is 0.675. The Morgan fingerprint density at radius 3 is 0.842 bits per heavy atom. The van der Waals surface area contributed by atoms with Crippen molar-refractivity contribution in [3.8, 4) is 0 Å². The molecule has 18 heteroatoms. The molecule has 0 aliphatic heterocycles. The first-order valence-corrected chi connectivity index (χ1v) is 42.1. The van der Waals surface area contributed by atoms with Gasteiger partial charge < -0.3 is 34.2 Å². The maximum Gasteiger partial charge on any atom is 0.472 e. The number of hydrogen-bond donors (Lipinski definition) is 4. The molecule has 0 saturated heterocycles. The maximum absolute atomic E-state index is 12.9. The third-order valence-corrected chi connectivity index (χ3v) is 17.9. The second kappa shape index (κ2) is 75.1. The molecule has 0 radical (unpaired) electrons. The molecule has 0 aliphatic rings. The number of aliphatic hydroxyl groups is 2. The number of esters is 3. The van der Waals surface area contributed by atoms with E-state index >= 15 is 0 Å². The van der Waals surface area contributed by atoms with Crippen LogP contribution in [0.4, 0.5) is 0 Å². The number of phosphoric acid groups is 2. The van der Waals surface area contributed by atoms with Crippen LogP contribution >= 0.6 is 15.6 Å². The molecule has 0 amide bonds. The fourth-order valence-corrected chi connectivity index (χ4v) is 11.7. The SMILES string of the molecule is CC/C=C\C/C=C\C/C=C\C/C=C\C/C=C\C/C=C\CCCCCCCCCCCCC(=O)OCC(O)COP(=O)(O)OCC(O)COP(=O)(O)OCC(COC(=O)CCCCCCCCCCC/C=C\C/C=C\C/C=C\C/C=C\C/C=C\CC)OC(=O)CCCCCCC/C=C\CCCC. The van der Waals surface area contributed by atoms with Crippen molar-refractivity contribution in [1.82, 2.24) is 0 Å². The van der Waals surface area contributed by atoms with Crippen molar-refractivity contribution in [2.45, 2.75) is 322 Å². The lowest BCUT2D eigenvalue weighted by molar-refractivity contribution is -0.161. The van der Waals surface area contributed by atoms with Gasteiger partial charge in [0.2, 0.25) is 0 Å². The van der Waals surface area contributed by atoms with E-state index in [4.69, 9.17) is 32.3 Å². The summed E-state index contributed by atoms with van der Waals surface area (Å²) >= 11 is 0. The highest BCUT2D eigenvalue weighted by Gasteiger charge is 2.29. The first kappa shape index (κ1) is 96.4. The zero-order chi connectivity index (χ0) is 73.7. The van der Waals surface area contributed by atoms with Crippen LogP contribution in [-0.2, 0) is 55.8 Å². The number of allylic oxidation sites excluding steroid dienone is 24. The average molecular weight is 1460 g/mol. The minimum absolute atomic E-state index is 0.0899. The van der Waals surface area contributed by atoms with E-state index in [1.165, 1.54) is 70.6 Å². The van der Waals surface area contributed by atoms with Crippen LogP contribution in [0.15, 0.2) is 146 Å². The molecule has 4 N–H and O–H groups in total. The Labute approximate surface area is 613 Å². The summed E-state index contributed by atoms with van der Waals surface area (Å²) < 4.78 is 61.0. The van der Waals surface area contributed by atoms with Gasteiger partial charge in [0.05, 0.1) is 26.4 Å². The third-order valence-electron chi connectivity index (χ3n) is 16.0. The number of ether oxygens (including phenoxy) is 3. The van der Waals surface area contributed by atoms with E-state index in [9.17, 15) is 43.5 Å². The lowest BCUT2D eigenvalue weighted by atomic mass is 10.1. The number of phosphoric ester groups is 2. The molecule has 578 valence electrons. The molecule has 16 nitrogen and oxygen atoms in total. The van der Waals surface area contributed by atoms with Crippen molar-refractivity contribution in [2.24, 2.45) is 0 Å². The molecule has 0 aromatic carbocycles. The molecule has 0 aliphatic carbocycles. The van der Waals surface area contributed by atoms with Crippen LogP contribution in [0.1, 0.15) is 303 Å². The van der Waals surface area contributed by atoms with Crippen molar-refractivity contribution in [3.05, 3.63) is 146 Å². The van der Waals surface area contributed by atoms with Crippen LogP contribution in [0.25, 0.3) is 0 Å². The number of aliphatic hydroxyl groups excluding tert-OH is 2. The minimum atomic E-state index is -4.93. The van der Waals surface area contributed by atoms with Crippen LogP contribution in [0.3, 0.4) is 0 Å². The Balaban J connectivity index is 4.47. The van der Waals surface area contributed by atoms with Gasteiger partial charge in [0.1, 0.15) is 25.4 Å². The molecule has 0 aromatic rings. The molecular weight excluding hydrogens is 1310 g/mol. The van der Waals surface area contributed by atoms with Gasteiger partial charge >= 0.3 is 33.6 Å². The van der Waals surface area contributed by atoms with E-state index in [2.05, 4.69) is 167 Å². The highest BCUT2D eigenvalue weighted by molar-refractivity contribution is 7.47. The normalized spacial score (nSPS) is 14.8. The summed E-state index contributed by atoms with van der Waals surface area (Å²) in [7, 11) is -9.79. The van der Waals surface area contributed by atoms with Gasteiger partial charge in [-0.3, -0.25) is 32.5 Å². The topological polar surface area (TPSA) is 231 Å². The van der Waals surface area contributed by atoms with Crippen LogP contribution < -0.4 is 0 Å². The van der Waals surface area contributed by atoms with Gasteiger partial charge in [-0.15, -0.1) is 0 Å². The molecule has 5 unspecified atom stereocenters. The van der Waals surface area contributed by atoms with Crippen molar-refractivity contribution in [3.63, 3.8) is 0 Å². The summed E-state index contributed by atoms with van der Waals surface area (Å²) in [5.74, 6) is -1.60. The summed E-state index contributed by atoms with van der Waals surface area (Å²) in [6.45, 7) is 2.39. The molecule has 0 heterocycles. The Kier molecular flexibility index (Phi) is 71.7. The molecule has 0 bridgehead atoms. The van der Waals surface area contributed by atoms with E-state index in [0.717, 1.165) is 173 Å². The van der Waals surface area contributed by atoms with Gasteiger partial charge in [-0.1, -0.05) is 295 Å². The van der Waals surface area contributed by atoms with E-state index in [1.54, 1.807) is 0 Å². The van der Waals surface area contributed by atoms with Crippen molar-refractivity contribution in [2.75, 3.05) is 39.6 Å². The number of hydrogen-bond acceptors (Lipinski definition) is 14.